The van der Waals surface area contributed by atoms with Gasteiger partial charge in [-0.1, -0.05) is 6.42 Å². The van der Waals surface area contributed by atoms with Crippen molar-refractivity contribution < 1.29 is 8.42 Å². The summed E-state index contributed by atoms with van der Waals surface area (Å²) >= 11 is 0. The second kappa shape index (κ2) is 5.48. The second-order valence-corrected chi connectivity index (χ2v) is 6.18. The fraction of sp³-hybridized carbons (Fsp3) is 1.00. The Hall–Kier alpha value is 0.160. The van der Waals surface area contributed by atoms with Gasteiger partial charge in [0.1, 0.15) is 0 Å². The van der Waals surface area contributed by atoms with Crippen LogP contribution in [0, 0.1) is 0 Å². The molecule has 2 aliphatic heterocycles. The van der Waals surface area contributed by atoms with E-state index in [1.54, 1.807) is 4.31 Å². The van der Waals surface area contributed by atoms with E-state index in [0.717, 1.165) is 38.9 Å². The quantitative estimate of drug-likeness (QED) is 0.745. The summed E-state index contributed by atoms with van der Waals surface area (Å²) in [6.07, 6.45) is 4.14. The predicted molar refractivity (Wildman–Crippen MR) is 62.9 cm³/mol. The van der Waals surface area contributed by atoms with Crippen LogP contribution in [0.2, 0.25) is 0 Å². The van der Waals surface area contributed by atoms with Gasteiger partial charge in [0.25, 0.3) is 0 Å². The molecule has 4 nitrogen and oxygen atoms in total. The Balaban J connectivity index is 0.00000112. The number of rotatable bonds is 1. The first kappa shape index (κ1) is 13.2. The zero-order valence-corrected chi connectivity index (χ0v) is 10.4. The number of hydrogen-bond donors (Lipinski definition) is 1. The summed E-state index contributed by atoms with van der Waals surface area (Å²) in [5.74, 6) is 0.351. The molecular formula is C9H19ClN2O2S. The monoisotopic (exact) mass is 254 g/mol. The lowest BCUT2D eigenvalue weighted by Crippen LogP contribution is -2.42. The lowest BCUT2D eigenvalue weighted by Gasteiger charge is -2.24. The Labute approximate surface area is 97.9 Å². The molecule has 2 aliphatic rings. The Kier molecular flexibility index (Phi) is 4.83. The number of hydrogen-bond acceptors (Lipinski definition) is 3. The van der Waals surface area contributed by atoms with E-state index in [1.165, 1.54) is 6.42 Å². The molecular weight excluding hydrogens is 236 g/mol. The average Bonchev–Trinajstić information content (AvgIpc) is 2.41. The summed E-state index contributed by atoms with van der Waals surface area (Å²) in [6.45, 7) is 2.60. The normalized spacial score (nSPS) is 31.9. The van der Waals surface area contributed by atoms with Crippen LogP contribution in [0.4, 0.5) is 0 Å². The van der Waals surface area contributed by atoms with Crippen molar-refractivity contribution in [2.45, 2.75) is 31.7 Å². The number of sulfonamides is 1. The number of nitrogens with one attached hydrogen (secondary N) is 1. The summed E-state index contributed by atoms with van der Waals surface area (Å²) in [5, 5.41) is 3.31. The van der Waals surface area contributed by atoms with Gasteiger partial charge in [0, 0.05) is 19.1 Å². The molecule has 1 atom stereocenters. The summed E-state index contributed by atoms with van der Waals surface area (Å²) in [5.41, 5.74) is 0. The zero-order valence-electron chi connectivity index (χ0n) is 8.81. The van der Waals surface area contributed by atoms with Crippen LogP contribution < -0.4 is 5.32 Å². The fourth-order valence-electron chi connectivity index (χ4n) is 2.32. The Morgan fingerprint density at radius 3 is 2.67 bits per heavy atom. The van der Waals surface area contributed by atoms with Crippen molar-refractivity contribution in [3.63, 3.8) is 0 Å². The lowest BCUT2D eigenvalue weighted by atomic mass is 10.1. The van der Waals surface area contributed by atoms with E-state index in [4.69, 9.17) is 0 Å². The van der Waals surface area contributed by atoms with Crippen molar-refractivity contribution >= 4 is 22.4 Å². The summed E-state index contributed by atoms with van der Waals surface area (Å²) in [7, 11) is -2.91. The largest absolute Gasteiger partial charge is 0.315 e. The highest BCUT2D eigenvalue weighted by atomic mass is 35.5. The van der Waals surface area contributed by atoms with Crippen LogP contribution in [0.1, 0.15) is 25.7 Å². The van der Waals surface area contributed by atoms with Gasteiger partial charge in [-0.25, -0.2) is 8.42 Å². The molecule has 1 N–H and O–H groups in total. The first-order valence-electron chi connectivity index (χ1n) is 5.40. The summed E-state index contributed by atoms with van der Waals surface area (Å²) in [6, 6.07) is 0.213. The molecule has 2 fully saturated rings. The van der Waals surface area contributed by atoms with Crippen LogP contribution in [0.25, 0.3) is 0 Å². The molecule has 2 rings (SSSR count). The minimum absolute atomic E-state index is 0. The van der Waals surface area contributed by atoms with Gasteiger partial charge in [-0.05, 0) is 25.8 Å². The molecule has 15 heavy (non-hydrogen) atoms. The molecule has 0 radical (unpaired) electrons. The van der Waals surface area contributed by atoms with E-state index >= 15 is 0 Å². The Morgan fingerprint density at radius 2 is 2.00 bits per heavy atom. The van der Waals surface area contributed by atoms with Crippen molar-refractivity contribution in [3.8, 4) is 0 Å². The van der Waals surface area contributed by atoms with Gasteiger partial charge in [-0.3, -0.25) is 0 Å². The third kappa shape index (κ3) is 3.06. The van der Waals surface area contributed by atoms with Crippen molar-refractivity contribution in [1.29, 1.82) is 0 Å². The van der Waals surface area contributed by atoms with Gasteiger partial charge in [0.05, 0.1) is 5.75 Å². The Morgan fingerprint density at radius 1 is 1.20 bits per heavy atom. The van der Waals surface area contributed by atoms with Crippen LogP contribution in [0.15, 0.2) is 0 Å². The molecule has 0 aromatic carbocycles. The molecule has 0 aromatic rings. The SMILES string of the molecule is Cl.O=S1(=O)CCCN1C1CCCCNC1. The maximum Gasteiger partial charge on any atom is 0.214 e. The molecule has 0 saturated carbocycles. The molecule has 6 heteroatoms. The standard InChI is InChI=1S/C9H18N2O2S.ClH/c12-14(13)7-3-6-11(14)9-4-1-2-5-10-8-9;/h9-10H,1-8H2;1H. The maximum atomic E-state index is 11.7. The third-order valence-corrected chi connectivity index (χ3v) is 5.07. The molecule has 0 aliphatic carbocycles. The average molecular weight is 255 g/mol. The number of halogens is 1. The molecule has 0 spiro atoms. The van der Waals surface area contributed by atoms with Gasteiger partial charge in [-0.15, -0.1) is 12.4 Å². The predicted octanol–water partition coefficient (Wildman–Crippen LogP) is 0.586. The van der Waals surface area contributed by atoms with Gasteiger partial charge < -0.3 is 5.32 Å². The zero-order chi connectivity index (χ0) is 10.0. The van der Waals surface area contributed by atoms with E-state index < -0.39 is 10.0 Å². The second-order valence-electron chi connectivity index (χ2n) is 4.13. The van der Waals surface area contributed by atoms with E-state index in [2.05, 4.69) is 5.32 Å². The van der Waals surface area contributed by atoms with E-state index in [1.807, 2.05) is 0 Å². The van der Waals surface area contributed by atoms with E-state index in [0.29, 0.717) is 5.75 Å². The van der Waals surface area contributed by atoms with Gasteiger partial charge in [0.2, 0.25) is 10.0 Å². The molecule has 0 bridgehead atoms. The van der Waals surface area contributed by atoms with Crippen molar-refractivity contribution in [2.75, 3.05) is 25.4 Å². The number of nitrogens with zero attached hydrogens (tertiary/aromatic N) is 1. The van der Waals surface area contributed by atoms with Gasteiger partial charge in [0.15, 0.2) is 0 Å². The lowest BCUT2D eigenvalue weighted by molar-refractivity contribution is 0.323. The molecule has 2 heterocycles. The van der Waals surface area contributed by atoms with Crippen LogP contribution in [-0.4, -0.2) is 44.2 Å². The van der Waals surface area contributed by atoms with Crippen molar-refractivity contribution in [2.24, 2.45) is 0 Å². The Bertz CT molecular complexity index is 286. The molecule has 0 amide bonds. The minimum atomic E-state index is -2.91. The van der Waals surface area contributed by atoms with Gasteiger partial charge >= 0.3 is 0 Å². The summed E-state index contributed by atoms with van der Waals surface area (Å²) in [4.78, 5) is 0. The molecule has 90 valence electrons. The molecule has 1 unspecified atom stereocenters. The van der Waals surface area contributed by atoms with Crippen LogP contribution >= 0.6 is 12.4 Å². The highest BCUT2D eigenvalue weighted by molar-refractivity contribution is 7.89. The van der Waals surface area contributed by atoms with Gasteiger partial charge in [-0.2, -0.15) is 4.31 Å². The highest BCUT2D eigenvalue weighted by Crippen LogP contribution is 2.21. The van der Waals surface area contributed by atoms with E-state index in [-0.39, 0.29) is 18.4 Å². The first-order chi connectivity index (χ1) is 6.70. The third-order valence-electron chi connectivity index (χ3n) is 3.07. The smallest absolute Gasteiger partial charge is 0.214 e. The first-order valence-corrected chi connectivity index (χ1v) is 7.01. The topological polar surface area (TPSA) is 49.4 Å². The fourth-order valence-corrected chi connectivity index (χ4v) is 4.09. The van der Waals surface area contributed by atoms with Crippen LogP contribution in [0.3, 0.4) is 0 Å². The summed E-state index contributed by atoms with van der Waals surface area (Å²) < 4.78 is 25.1. The maximum absolute atomic E-state index is 11.7. The van der Waals surface area contributed by atoms with Crippen LogP contribution in [-0.2, 0) is 10.0 Å². The molecule has 0 aromatic heterocycles. The minimum Gasteiger partial charge on any atom is -0.315 e. The van der Waals surface area contributed by atoms with Crippen molar-refractivity contribution in [1.82, 2.24) is 9.62 Å². The molecule has 2 saturated heterocycles. The van der Waals surface area contributed by atoms with Crippen molar-refractivity contribution in [3.05, 3.63) is 0 Å². The van der Waals surface area contributed by atoms with Crippen LogP contribution in [0.5, 0.6) is 0 Å². The highest BCUT2D eigenvalue weighted by Gasteiger charge is 2.34. The van der Waals surface area contributed by atoms with E-state index in [9.17, 15) is 8.42 Å².